The summed E-state index contributed by atoms with van der Waals surface area (Å²) in [7, 11) is 3.78. The Bertz CT molecular complexity index is 78.1. The third kappa shape index (κ3) is 5.97. The molecule has 62 valence electrons. The Morgan fingerprint density at radius 3 is 2.50 bits per heavy atom. The Hall–Kier alpha value is -0.160. The molecule has 0 aliphatic rings. The number of aliphatic hydroxyl groups excluding tert-OH is 2. The van der Waals surface area contributed by atoms with Gasteiger partial charge in [0.15, 0.2) is 0 Å². The van der Waals surface area contributed by atoms with Crippen LogP contribution in [0, 0.1) is 0 Å². The zero-order chi connectivity index (χ0) is 7.98. The van der Waals surface area contributed by atoms with Crippen molar-refractivity contribution in [1.82, 2.24) is 10.2 Å². The van der Waals surface area contributed by atoms with Crippen LogP contribution in [-0.4, -0.2) is 55.1 Å². The summed E-state index contributed by atoms with van der Waals surface area (Å²) in [6.45, 7) is 0.978. The van der Waals surface area contributed by atoms with Gasteiger partial charge in [0.1, 0.15) is 0 Å². The Labute approximate surface area is 61.5 Å². The average Bonchev–Trinajstić information content (AvgIpc) is 1.82. The third-order valence-corrected chi connectivity index (χ3v) is 1.07. The minimum absolute atomic E-state index is 0.0789. The first-order chi connectivity index (χ1) is 4.66. The first-order valence-electron chi connectivity index (χ1n) is 3.31. The lowest BCUT2D eigenvalue weighted by molar-refractivity contribution is 0.123. The molecule has 0 aromatic rings. The SMILES string of the molecule is CN(C)CC(O)CNCO. The first kappa shape index (κ1) is 9.84. The largest absolute Gasteiger partial charge is 0.390 e. The predicted octanol–water partition coefficient (Wildman–Crippen LogP) is -1.55. The highest BCUT2D eigenvalue weighted by Gasteiger charge is 2.02. The van der Waals surface area contributed by atoms with Crippen molar-refractivity contribution in [1.29, 1.82) is 0 Å². The van der Waals surface area contributed by atoms with Crippen molar-refractivity contribution in [2.75, 3.05) is 33.9 Å². The van der Waals surface area contributed by atoms with Crippen LogP contribution in [-0.2, 0) is 0 Å². The minimum atomic E-state index is -0.401. The Balaban J connectivity index is 3.16. The molecule has 4 heteroatoms. The highest BCUT2D eigenvalue weighted by Crippen LogP contribution is 1.82. The van der Waals surface area contributed by atoms with E-state index in [1.54, 1.807) is 0 Å². The van der Waals surface area contributed by atoms with Gasteiger partial charge in [0.25, 0.3) is 0 Å². The summed E-state index contributed by atoms with van der Waals surface area (Å²) < 4.78 is 0. The van der Waals surface area contributed by atoms with Crippen molar-refractivity contribution in [3.05, 3.63) is 0 Å². The zero-order valence-corrected chi connectivity index (χ0v) is 6.54. The molecular formula is C6H16N2O2. The maximum absolute atomic E-state index is 9.14. The number of likely N-dealkylation sites (N-methyl/N-ethyl adjacent to an activating group) is 1. The average molecular weight is 148 g/mol. The van der Waals surface area contributed by atoms with Crippen LogP contribution in [0.2, 0.25) is 0 Å². The fourth-order valence-electron chi connectivity index (χ4n) is 0.717. The van der Waals surface area contributed by atoms with Gasteiger partial charge in [-0.2, -0.15) is 0 Å². The van der Waals surface area contributed by atoms with Crippen molar-refractivity contribution in [2.45, 2.75) is 6.10 Å². The third-order valence-electron chi connectivity index (χ3n) is 1.07. The number of nitrogens with one attached hydrogen (secondary N) is 1. The summed E-state index contributed by atoms with van der Waals surface area (Å²) in [5.41, 5.74) is 0. The first-order valence-corrected chi connectivity index (χ1v) is 3.31. The predicted molar refractivity (Wildman–Crippen MR) is 39.6 cm³/mol. The fourth-order valence-corrected chi connectivity index (χ4v) is 0.717. The molecular weight excluding hydrogens is 132 g/mol. The van der Waals surface area contributed by atoms with Gasteiger partial charge < -0.3 is 15.1 Å². The summed E-state index contributed by atoms with van der Waals surface area (Å²) in [6, 6.07) is 0. The van der Waals surface area contributed by atoms with Crippen LogP contribution in [0.25, 0.3) is 0 Å². The van der Waals surface area contributed by atoms with Crippen molar-refractivity contribution >= 4 is 0 Å². The van der Waals surface area contributed by atoms with E-state index in [1.165, 1.54) is 0 Å². The van der Waals surface area contributed by atoms with Gasteiger partial charge in [-0.1, -0.05) is 0 Å². The van der Waals surface area contributed by atoms with Gasteiger partial charge in [0, 0.05) is 13.1 Å². The summed E-state index contributed by atoms with van der Waals surface area (Å²) in [4.78, 5) is 1.89. The molecule has 0 bridgehead atoms. The van der Waals surface area contributed by atoms with Crippen LogP contribution >= 0.6 is 0 Å². The van der Waals surface area contributed by atoms with Gasteiger partial charge in [-0.15, -0.1) is 0 Å². The molecule has 0 amide bonds. The normalized spacial score (nSPS) is 14.1. The van der Waals surface area contributed by atoms with E-state index in [0.29, 0.717) is 13.1 Å². The molecule has 0 heterocycles. The van der Waals surface area contributed by atoms with Gasteiger partial charge in [-0.25, -0.2) is 0 Å². The van der Waals surface area contributed by atoms with E-state index >= 15 is 0 Å². The molecule has 3 N–H and O–H groups in total. The smallest absolute Gasteiger partial charge is 0.0932 e. The zero-order valence-electron chi connectivity index (χ0n) is 6.54. The summed E-state index contributed by atoms with van der Waals surface area (Å²) in [5.74, 6) is 0. The van der Waals surface area contributed by atoms with E-state index < -0.39 is 6.10 Å². The van der Waals surface area contributed by atoms with Crippen LogP contribution in [0.3, 0.4) is 0 Å². The number of nitrogens with zero attached hydrogens (tertiary/aromatic N) is 1. The highest BCUT2D eigenvalue weighted by molar-refractivity contribution is 4.59. The molecule has 0 saturated carbocycles. The lowest BCUT2D eigenvalue weighted by atomic mass is 10.3. The second kappa shape index (κ2) is 5.61. The van der Waals surface area contributed by atoms with Crippen molar-refractivity contribution in [3.8, 4) is 0 Å². The van der Waals surface area contributed by atoms with Gasteiger partial charge in [-0.3, -0.25) is 5.32 Å². The standard InChI is InChI=1S/C6H16N2O2/c1-8(2)4-6(10)3-7-5-9/h6-7,9-10H,3-5H2,1-2H3. The molecule has 4 nitrogen and oxygen atoms in total. The fraction of sp³-hybridized carbons (Fsp3) is 1.00. The van der Waals surface area contributed by atoms with E-state index in [1.807, 2.05) is 19.0 Å². The molecule has 0 rings (SSSR count). The minimum Gasteiger partial charge on any atom is -0.390 e. The number of aliphatic hydroxyl groups is 2. The monoisotopic (exact) mass is 148 g/mol. The van der Waals surface area contributed by atoms with E-state index in [-0.39, 0.29) is 6.73 Å². The molecule has 0 aromatic carbocycles. The molecule has 0 aromatic heterocycles. The molecule has 1 atom stereocenters. The molecule has 1 unspecified atom stereocenters. The van der Waals surface area contributed by atoms with E-state index in [2.05, 4.69) is 5.32 Å². The molecule has 0 aliphatic carbocycles. The van der Waals surface area contributed by atoms with Crippen molar-refractivity contribution in [3.63, 3.8) is 0 Å². The Morgan fingerprint density at radius 2 is 2.10 bits per heavy atom. The topological polar surface area (TPSA) is 55.7 Å². The quantitative estimate of drug-likeness (QED) is 0.413. The molecule has 0 saturated heterocycles. The second-order valence-corrected chi connectivity index (χ2v) is 2.53. The maximum Gasteiger partial charge on any atom is 0.0932 e. The van der Waals surface area contributed by atoms with Crippen LogP contribution < -0.4 is 5.32 Å². The van der Waals surface area contributed by atoms with E-state index in [4.69, 9.17) is 10.2 Å². The van der Waals surface area contributed by atoms with Gasteiger partial charge >= 0.3 is 0 Å². The second-order valence-electron chi connectivity index (χ2n) is 2.53. The summed E-state index contributed by atoms with van der Waals surface area (Å²) in [6.07, 6.45) is -0.401. The molecule has 10 heavy (non-hydrogen) atoms. The molecule has 0 fully saturated rings. The van der Waals surface area contributed by atoms with Crippen molar-refractivity contribution in [2.24, 2.45) is 0 Å². The number of rotatable bonds is 5. The Morgan fingerprint density at radius 1 is 1.50 bits per heavy atom. The molecule has 0 radical (unpaired) electrons. The number of hydrogen-bond acceptors (Lipinski definition) is 4. The van der Waals surface area contributed by atoms with Crippen LogP contribution in [0.5, 0.6) is 0 Å². The van der Waals surface area contributed by atoms with Crippen LogP contribution in [0.4, 0.5) is 0 Å². The van der Waals surface area contributed by atoms with Gasteiger partial charge in [0.05, 0.1) is 12.8 Å². The Kier molecular flexibility index (Phi) is 5.52. The maximum atomic E-state index is 9.14. The van der Waals surface area contributed by atoms with Gasteiger partial charge in [0.2, 0.25) is 0 Å². The summed E-state index contributed by atoms with van der Waals surface area (Å²) in [5, 5.41) is 20.1. The van der Waals surface area contributed by atoms with Crippen LogP contribution in [0.1, 0.15) is 0 Å². The highest BCUT2D eigenvalue weighted by atomic mass is 16.3. The summed E-state index contributed by atoms with van der Waals surface area (Å²) >= 11 is 0. The van der Waals surface area contributed by atoms with E-state index in [9.17, 15) is 0 Å². The van der Waals surface area contributed by atoms with Crippen LogP contribution in [0.15, 0.2) is 0 Å². The number of hydrogen-bond donors (Lipinski definition) is 3. The van der Waals surface area contributed by atoms with Crippen molar-refractivity contribution < 1.29 is 10.2 Å². The van der Waals surface area contributed by atoms with E-state index in [0.717, 1.165) is 0 Å². The lowest BCUT2D eigenvalue weighted by Crippen LogP contribution is -2.35. The molecule has 0 spiro atoms. The van der Waals surface area contributed by atoms with Gasteiger partial charge in [-0.05, 0) is 14.1 Å². The lowest BCUT2D eigenvalue weighted by Gasteiger charge is -2.15. The molecule has 0 aliphatic heterocycles.